The minimum Gasteiger partial charge on any atom is -0.341 e. The van der Waals surface area contributed by atoms with Gasteiger partial charge in [-0.15, -0.1) is 5.10 Å². The molecule has 0 atom stereocenters. The first kappa shape index (κ1) is 12.1. The molecule has 0 aromatic carbocycles. The standard InChI is InChI=1S/C13H18N6/c1-11-8-14-13(15-9-11)18-5-2-12(3-6-18)10-19-7-4-16-17-19/h4,7-9,12H,2-3,5-6,10H2,1H3. The lowest BCUT2D eigenvalue weighted by molar-refractivity contribution is 0.337. The molecule has 2 aromatic heterocycles. The van der Waals surface area contributed by atoms with Gasteiger partial charge in [0, 0.05) is 38.2 Å². The van der Waals surface area contributed by atoms with Crippen molar-refractivity contribution in [1.29, 1.82) is 0 Å². The molecule has 100 valence electrons. The lowest BCUT2D eigenvalue weighted by atomic mass is 9.97. The van der Waals surface area contributed by atoms with Crippen LogP contribution in [0.2, 0.25) is 0 Å². The van der Waals surface area contributed by atoms with Gasteiger partial charge in [0.1, 0.15) is 0 Å². The van der Waals surface area contributed by atoms with Gasteiger partial charge in [0.25, 0.3) is 0 Å². The van der Waals surface area contributed by atoms with Crippen LogP contribution in [0.1, 0.15) is 18.4 Å². The van der Waals surface area contributed by atoms with Gasteiger partial charge in [-0.1, -0.05) is 5.21 Å². The summed E-state index contributed by atoms with van der Waals surface area (Å²) in [6, 6.07) is 0. The molecule has 19 heavy (non-hydrogen) atoms. The molecule has 1 aliphatic heterocycles. The van der Waals surface area contributed by atoms with E-state index in [0.717, 1.165) is 44.0 Å². The molecule has 3 rings (SSSR count). The van der Waals surface area contributed by atoms with Crippen LogP contribution in [0.4, 0.5) is 5.95 Å². The largest absolute Gasteiger partial charge is 0.341 e. The van der Waals surface area contributed by atoms with Crippen molar-refractivity contribution in [1.82, 2.24) is 25.0 Å². The van der Waals surface area contributed by atoms with Crippen molar-refractivity contribution in [3.8, 4) is 0 Å². The smallest absolute Gasteiger partial charge is 0.225 e. The predicted octanol–water partition coefficient (Wildman–Crippen LogP) is 1.29. The molecule has 1 fully saturated rings. The topological polar surface area (TPSA) is 59.7 Å². The van der Waals surface area contributed by atoms with Crippen LogP contribution in [-0.4, -0.2) is 38.1 Å². The number of anilines is 1. The molecule has 3 heterocycles. The highest BCUT2D eigenvalue weighted by molar-refractivity contribution is 5.30. The zero-order valence-corrected chi connectivity index (χ0v) is 11.1. The zero-order valence-electron chi connectivity index (χ0n) is 11.1. The lowest BCUT2D eigenvalue weighted by Gasteiger charge is -2.31. The van der Waals surface area contributed by atoms with E-state index >= 15 is 0 Å². The molecule has 1 saturated heterocycles. The normalized spacial score (nSPS) is 16.8. The van der Waals surface area contributed by atoms with Crippen LogP contribution >= 0.6 is 0 Å². The minimum absolute atomic E-state index is 0.670. The second-order valence-electron chi connectivity index (χ2n) is 5.12. The SMILES string of the molecule is Cc1cnc(N2CCC(Cn3ccnn3)CC2)nc1. The van der Waals surface area contributed by atoms with Gasteiger partial charge in [-0.2, -0.15) is 0 Å². The Labute approximate surface area is 112 Å². The van der Waals surface area contributed by atoms with Crippen LogP contribution in [0.25, 0.3) is 0 Å². The quantitative estimate of drug-likeness (QED) is 0.830. The highest BCUT2D eigenvalue weighted by Crippen LogP contribution is 2.21. The van der Waals surface area contributed by atoms with Crippen molar-refractivity contribution in [2.24, 2.45) is 5.92 Å². The molecular formula is C13H18N6. The molecule has 0 saturated carbocycles. The molecular weight excluding hydrogens is 240 g/mol. The Hall–Kier alpha value is -1.98. The fourth-order valence-electron chi connectivity index (χ4n) is 2.46. The van der Waals surface area contributed by atoms with Crippen LogP contribution in [0.3, 0.4) is 0 Å². The summed E-state index contributed by atoms with van der Waals surface area (Å²) in [5.74, 6) is 1.52. The maximum Gasteiger partial charge on any atom is 0.225 e. The zero-order chi connectivity index (χ0) is 13.1. The molecule has 0 N–H and O–H groups in total. The Bertz CT molecular complexity index is 498. The molecule has 0 amide bonds. The van der Waals surface area contributed by atoms with Crippen molar-refractivity contribution in [2.45, 2.75) is 26.3 Å². The first-order valence-electron chi connectivity index (χ1n) is 6.69. The number of piperidine rings is 1. The van der Waals surface area contributed by atoms with Gasteiger partial charge in [-0.05, 0) is 31.2 Å². The average Bonchev–Trinajstić information content (AvgIpc) is 2.94. The molecule has 0 unspecified atom stereocenters. The maximum absolute atomic E-state index is 4.39. The van der Waals surface area contributed by atoms with E-state index in [2.05, 4.69) is 25.2 Å². The van der Waals surface area contributed by atoms with Gasteiger partial charge < -0.3 is 4.90 Å². The van der Waals surface area contributed by atoms with Crippen molar-refractivity contribution < 1.29 is 0 Å². The Balaban J connectivity index is 1.56. The minimum atomic E-state index is 0.670. The Kier molecular flexibility index (Phi) is 3.39. The lowest BCUT2D eigenvalue weighted by Crippen LogP contribution is -2.36. The average molecular weight is 258 g/mol. The monoisotopic (exact) mass is 258 g/mol. The van der Waals surface area contributed by atoms with Crippen LogP contribution in [0.5, 0.6) is 0 Å². The van der Waals surface area contributed by atoms with Gasteiger partial charge >= 0.3 is 0 Å². The summed E-state index contributed by atoms with van der Waals surface area (Å²) in [5.41, 5.74) is 1.10. The Morgan fingerprint density at radius 3 is 2.58 bits per heavy atom. The molecule has 6 heteroatoms. The van der Waals surface area contributed by atoms with E-state index in [1.54, 1.807) is 6.20 Å². The van der Waals surface area contributed by atoms with Crippen LogP contribution in [0, 0.1) is 12.8 Å². The molecule has 0 radical (unpaired) electrons. The van der Waals surface area contributed by atoms with E-state index < -0.39 is 0 Å². The van der Waals surface area contributed by atoms with Gasteiger partial charge in [0.15, 0.2) is 0 Å². The van der Waals surface area contributed by atoms with E-state index in [-0.39, 0.29) is 0 Å². The third-order valence-electron chi connectivity index (χ3n) is 3.58. The Morgan fingerprint density at radius 1 is 1.21 bits per heavy atom. The van der Waals surface area contributed by atoms with Gasteiger partial charge in [-0.25, -0.2) is 9.97 Å². The second-order valence-corrected chi connectivity index (χ2v) is 5.12. The summed E-state index contributed by atoms with van der Waals surface area (Å²) in [5, 5.41) is 7.87. The van der Waals surface area contributed by atoms with Crippen LogP contribution < -0.4 is 4.90 Å². The predicted molar refractivity (Wildman–Crippen MR) is 71.7 cm³/mol. The van der Waals surface area contributed by atoms with Gasteiger partial charge in [0.05, 0.1) is 6.20 Å². The summed E-state index contributed by atoms with van der Waals surface area (Å²) >= 11 is 0. The summed E-state index contributed by atoms with van der Waals surface area (Å²) in [7, 11) is 0. The third kappa shape index (κ3) is 2.89. The van der Waals surface area contributed by atoms with E-state index in [1.165, 1.54) is 0 Å². The molecule has 6 nitrogen and oxygen atoms in total. The van der Waals surface area contributed by atoms with E-state index in [1.807, 2.05) is 30.2 Å². The van der Waals surface area contributed by atoms with Gasteiger partial charge in [0.2, 0.25) is 5.95 Å². The van der Waals surface area contributed by atoms with Crippen LogP contribution in [0.15, 0.2) is 24.8 Å². The van der Waals surface area contributed by atoms with Crippen molar-refractivity contribution in [2.75, 3.05) is 18.0 Å². The first-order chi connectivity index (χ1) is 9.31. The van der Waals surface area contributed by atoms with E-state index in [9.17, 15) is 0 Å². The molecule has 0 spiro atoms. The molecule has 2 aromatic rings. The number of rotatable bonds is 3. The van der Waals surface area contributed by atoms with Crippen molar-refractivity contribution in [3.05, 3.63) is 30.4 Å². The number of hydrogen-bond donors (Lipinski definition) is 0. The van der Waals surface area contributed by atoms with Crippen LogP contribution in [-0.2, 0) is 6.54 Å². The second kappa shape index (κ2) is 5.34. The van der Waals surface area contributed by atoms with Crippen molar-refractivity contribution >= 4 is 5.95 Å². The highest BCUT2D eigenvalue weighted by atomic mass is 15.4. The third-order valence-corrected chi connectivity index (χ3v) is 3.58. The number of aromatic nitrogens is 5. The van der Waals surface area contributed by atoms with Crippen molar-refractivity contribution in [3.63, 3.8) is 0 Å². The summed E-state index contributed by atoms with van der Waals surface area (Å²) < 4.78 is 1.92. The Morgan fingerprint density at radius 2 is 1.95 bits per heavy atom. The number of aryl methyl sites for hydroxylation is 1. The maximum atomic E-state index is 4.39. The first-order valence-corrected chi connectivity index (χ1v) is 6.69. The number of nitrogens with zero attached hydrogens (tertiary/aromatic N) is 6. The summed E-state index contributed by atoms with van der Waals surface area (Å²) in [6.07, 6.45) is 9.71. The van der Waals surface area contributed by atoms with E-state index in [0.29, 0.717) is 5.92 Å². The summed E-state index contributed by atoms with van der Waals surface area (Å²) in [4.78, 5) is 11.0. The molecule has 0 aliphatic carbocycles. The number of hydrogen-bond acceptors (Lipinski definition) is 5. The highest BCUT2D eigenvalue weighted by Gasteiger charge is 2.21. The fraction of sp³-hybridized carbons (Fsp3) is 0.538. The fourth-order valence-corrected chi connectivity index (χ4v) is 2.46. The molecule has 1 aliphatic rings. The summed E-state index contributed by atoms with van der Waals surface area (Å²) in [6.45, 7) is 5.00. The van der Waals surface area contributed by atoms with Gasteiger partial charge in [-0.3, -0.25) is 4.68 Å². The molecule has 0 bridgehead atoms. The van der Waals surface area contributed by atoms with E-state index in [4.69, 9.17) is 0 Å².